The van der Waals surface area contributed by atoms with Crippen LogP contribution in [0.5, 0.6) is 5.75 Å². The summed E-state index contributed by atoms with van der Waals surface area (Å²) in [5, 5.41) is 12.5. The molecule has 19 heavy (non-hydrogen) atoms. The molecule has 0 radical (unpaired) electrons. The topological polar surface area (TPSA) is 75.4 Å². The summed E-state index contributed by atoms with van der Waals surface area (Å²) in [5.74, 6) is -0.0705. The van der Waals surface area contributed by atoms with Gasteiger partial charge in [-0.1, -0.05) is 24.3 Å². The normalized spacial score (nSPS) is 10.2. The number of carbonyl (C=O) groups excluding carboxylic acids is 1. The van der Waals surface area contributed by atoms with E-state index >= 15 is 0 Å². The van der Waals surface area contributed by atoms with Gasteiger partial charge in [0.1, 0.15) is 5.75 Å². The van der Waals surface area contributed by atoms with E-state index in [1.54, 1.807) is 37.3 Å². The minimum atomic E-state index is -0.175. The molecule has 4 nitrogen and oxygen atoms in total. The minimum absolute atomic E-state index is 0.105. The molecule has 0 aliphatic heterocycles. The molecule has 98 valence electrons. The van der Waals surface area contributed by atoms with Crippen molar-refractivity contribution in [3.63, 3.8) is 0 Å². The first kappa shape index (κ1) is 13.0. The van der Waals surface area contributed by atoms with Gasteiger partial charge in [-0.3, -0.25) is 4.79 Å². The Labute approximate surface area is 111 Å². The third-order valence-corrected chi connectivity index (χ3v) is 2.86. The highest BCUT2D eigenvalue weighted by Gasteiger charge is 2.08. The monoisotopic (exact) mass is 256 g/mol. The van der Waals surface area contributed by atoms with Crippen molar-refractivity contribution in [2.75, 3.05) is 11.1 Å². The highest BCUT2D eigenvalue weighted by atomic mass is 16.3. The third-order valence-electron chi connectivity index (χ3n) is 2.86. The van der Waals surface area contributed by atoms with Crippen molar-refractivity contribution in [1.82, 2.24) is 0 Å². The summed E-state index contributed by atoms with van der Waals surface area (Å²) in [6.07, 6.45) is 0.244. The fourth-order valence-corrected chi connectivity index (χ4v) is 1.78. The van der Waals surface area contributed by atoms with Gasteiger partial charge < -0.3 is 16.2 Å². The summed E-state index contributed by atoms with van der Waals surface area (Å²) in [6.45, 7) is 1.78. The van der Waals surface area contributed by atoms with Crippen LogP contribution in [-0.4, -0.2) is 11.0 Å². The van der Waals surface area contributed by atoms with E-state index in [0.29, 0.717) is 11.4 Å². The van der Waals surface area contributed by atoms with Crippen molar-refractivity contribution in [3.05, 3.63) is 53.6 Å². The van der Waals surface area contributed by atoms with E-state index in [2.05, 4.69) is 5.32 Å². The molecule has 0 heterocycles. The Bertz CT molecular complexity index is 592. The molecule has 0 aliphatic carbocycles. The summed E-state index contributed by atoms with van der Waals surface area (Å²) in [7, 11) is 0. The van der Waals surface area contributed by atoms with Crippen LogP contribution >= 0.6 is 0 Å². The van der Waals surface area contributed by atoms with Crippen LogP contribution in [0, 0.1) is 6.92 Å². The van der Waals surface area contributed by atoms with Gasteiger partial charge in [0, 0.05) is 5.69 Å². The van der Waals surface area contributed by atoms with Gasteiger partial charge in [-0.15, -0.1) is 0 Å². The van der Waals surface area contributed by atoms with Gasteiger partial charge in [0.05, 0.1) is 12.1 Å². The van der Waals surface area contributed by atoms with Crippen molar-refractivity contribution >= 4 is 17.3 Å². The SMILES string of the molecule is Cc1cccc(NC(=O)Cc2ccc(N)cc2)c1O. The predicted octanol–water partition coefficient (Wildman–Crippen LogP) is 2.46. The third kappa shape index (κ3) is 3.25. The van der Waals surface area contributed by atoms with Crippen molar-refractivity contribution < 1.29 is 9.90 Å². The highest BCUT2D eigenvalue weighted by Crippen LogP contribution is 2.26. The van der Waals surface area contributed by atoms with Crippen LogP contribution in [0.1, 0.15) is 11.1 Å². The number of amides is 1. The smallest absolute Gasteiger partial charge is 0.228 e. The molecular weight excluding hydrogens is 240 g/mol. The second-order valence-corrected chi connectivity index (χ2v) is 4.44. The number of carbonyl (C=O) groups is 1. The average Bonchev–Trinajstić information content (AvgIpc) is 2.38. The van der Waals surface area contributed by atoms with Gasteiger partial charge in [0.2, 0.25) is 5.91 Å². The second-order valence-electron chi connectivity index (χ2n) is 4.44. The van der Waals surface area contributed by atoms with Crippen LogP contribution in [0.2, 0.25) is 0 Å². The Kier molecular flexibility index (Phi) is 3.71. The Balaban J connectivity index is 2.05. The molecule has 2 aromatic rings. The fraction of sp³-hybridized carbons (Fsp3) is 0.133. The van der Waals surface area contributed by atoms with Gasteiger partial charge in [-0.05, 0) is 36.2 Å². The maximum Gasteiger partial charge on any atom is 0.228 e. The molecule has 4 heteroatoms. The van der Waals surface area contributed by atoms with Crippen LogP contribution in [0.15, 0.2) is 42.5 Å². The van der Waals surface area contributed by atoms with Gasteiger partial charge in [0.25, 0.3) is 0 Å². The number of anilines is 2. The second kappa shape index (κ2) is 5.44. The minimum Gasteiger partial charge on any atom is -0.505 e. The van der Waals surface area contributed by atoms with E-state index in [4.69, 9.17) is 5.73 Å². The average molecular weight is 256 g/mol. The maximum absolute atomic E-state index is 11.9. The molecule has 0 saturated heterocycles. The lowest BCUT2D eigenvalue weighted by atomic mass is 10.1. The molecule has 0 aliphatic rings. The van der Waals surface area contributed by atoms with Crippen molar-refractivity contribution in [1.29, 1.82) is 0 Å². The van der Waals surface area contributed by atoms with Crippen LogP contribution < -0.4 is 11.1 Å². The molecule has 0 atom stereocenters. The number of phenols is 1. The van der Waals surface area contributed by atoms with E-state index in [0.717, 1.165) is 11.1 Å². The van der Waals surface area contributed by atoms with E-state index in [1.165, 1.54) is 0 Å². The predicted molar refractivity (Wildman–Crippen MR) is 76.0 cm³/mol. The summed E-state index contributed by atoms with van der Waals surface area (Å²) in [6, 6.07) is 12.4. The first-order chi connectivity index (χ1) is 9.06. The fourth-order valence-electron chi connectivity index (χ4n) is 1.78. The number of aryl methyl sites for hydroxylation is 1. The Hall–Kier alpha value is -2.49. The molecule has 0 aromatic heterocycles. The van der Waals surface area contributed by atoms with Crippen molar-refractivity contribution in [2.45, 2.75) is 13.3 Å². The van der Waals surface area contributed by atoms with Crippen LogP contribution in [0.3, 0.4) is 0 Å². The first-order valence-corrected chi connectivity index (χ1v) is 5.99. The number of nitrogen functional groups attached to an aromatic ring is 1. The van der Waals surface area contributed by atoms with E-state index in [9.17, 15) is 9.90 Å². The number of aromatic hydroxyl groups is 1. The number of hydrogen-bond donors (Lipinski definition) is 3. The first-order valence-electron chi connectivity index (χ1n) is 5.99. The Morgan fingerprint density at radius 2 is 1.89 bits per heavy atom. The summed E-state index contributed by atoms with van der Waals surface area (Å²) in [5.41, 5.74) is 8.28. The lowest BCUT2D eigenvalue weighted by Gasteiger charge is -2.09. The molecule has 1 amide bonds. The number of rotatable bonds is 3. The molecule has 0 bridgehead atoms. The zero-order valence-corrected chi connectivity index (χ0v) is 10.7. The van der Waals surface area contributed by atoms with E-state index in [-0.39, 0.29) is 18.1 Å². The van der Waals surface area contributed by atoms with E-state index < -0.39 is 0 Å². The zero-order valence-electron chi connectivity index (χ0n) is 10.7. The summed E-state index contributed by atoms with van der Waals surface area (Å²) < 4.78 is 0. The van der Waals surface area contributed by atoms with Gasteiger partial charge in [-0.2, -0.15) is 0 Å². The summed E-state index contributed by atoms with van der Waals surface area (Å²) >= 11 is 0. The maximum atomic E-state index is 11.9. The van der Waals surface area contributed by atoms with Gasteiger partial charge in [-0.25, -0.2) is 0 Å². The van der Waals surface area contributed by atoms with Gasteiger partial charge >= 0.3 is 0 Å². The number of phenolic OH excluding ortho intramolecular Hbond substituents is 1. The van der Waals surface area contributed by atoms with Crippen molar-refractivity contribution in [2.24, 2.45) is 0 Å². The Morgan fingerprint density at radius 3 is 2.58 bits per heavy atom. The van der Waals surface area contributed by atoms with Crippen molar-refractivity contribution in [3.8, 4) is 5.75 Å². The number of nitrogens with one attached hydrogen (secondary N) is 1. The molecule has 2 rings (SSSR count). The number of para-hydroxylation sites is 1. The quantitative estimate of drug-likeness (QED) is 0.583. The highest BCUT2D eigenvalue weighted by molar-refractivity contribution is 5.93. The summed E-state index contributed by atoms with van der Waals surface area (Å²) in [4.78, 5) is 11.9. The molecule has 0 saturated carbocycles. The Morgan fingerprint density at radius 1 is 1.21 bits per heavy atom. The molecule has 2 aromatic carbocycles. The number of hydrogen-bond acceptors (Lipinski definition) is 3. The van der Waals surface area contributed by atoms with Gasteiger partial charge in [0.15, 0.2) is 0 Å². The van der Waals surface area contributed by atoms with E-state index in [1.807, 2.05) is 12.1 Å². The zero-order chi connectivity index (χ0) is 13.8. The molecule has 0 fully saturated rings. The molecule has 0 spiro atoms. The van der Waals surface area contributed by atoms with Crippen LogP contribution in [0.4, 0.5) is 11.4 Å². The number of nitrogens with two attached hydrogens (primary N) is 1. The lowest BCUT2D eigenvalue weighted by molar-refractivity contribution is -0.115. The van der Waals surface area contributed by atoms with Crippen LogP contribution in [0.25, 0.3) is 0 Å². The number of benzene rings is 2. The lowest BCUT2D eigenvalue weighted by Crippen LogP contribution is -2.14. The standard InChI is InChI=1S/C15H16N2O2/c1-10-3-2-4-13(15(10)19)17-14(18)9-11-5-7-12(16)8-6-11/h2-8,19H,9,16H2,1H3,(H,17,18). The largest absolute Gasteiger partial charge is 0.505 e. The molecule has 0 unspecified atom stereocenters. The van der Waals surface area contributed by atoms with Crippen LogP contribution in [-0.2, 0) is 11.2 Å². The molecular formula is C15H16N2O2. The molecule has 4 N–H and O–H groups in total.